The highest BCUT2D eigenvalue weighted by Gasteiger charge is 2.52. The van der Waals surface area contributed by atoms with Crippen molar-refractivity contribution in [1.82, 2.24) is 5.32 Å². The minimum atomic E-state index is 0.588. The summed E-state index contributed by atoms with van der Waals surface area (Å²) in [6.07, 6.45) is 13.9. The molecule has 4 fully saturated rings. The molecule has 126 valence electrons. The summed E-state index contributed by atoms with van der Waals surface area (Å²) in [6.45, 7) is 6.05. The van der Waals surface area contributed by atoms with Gasteiger partial charge in [-0.2, -0.15) is 0 Å². The summed E-state index contributed by atoms with van der Waals surface area (Å²) in [5.41, 5.74) is 0. The monoisotopic (exact) mass is 305 g/mol. The molecule has 0 aromatic rings. The van der Waals surface area contributed by atoms with Crippen LogP contribution in [0.15, 0.2) is 0 Å². The predicted molar refractivity (Wildman–Crippen MR) is 90.8 cm³/mol. The Hall–Kier alpha value is -0.0800. The second-order valence-corrected chi connectivity index (χ2v) is 8.94. The van der Waals surface area contributed by atoms with Gasteiger partial charge in [0.15, 0.2) is 0 Å². The molecule has 0 aromatic heterocycles. The van der Waals surface area contributed by atoms with Crippen molar-refractivity contribution in [2.45, 2.75) is 89.9 Å². The Kier molecular flexibility index (Phi) is 4.52. The van der Waals surface area contributed by atoms with Crippen LogP contribution in [0.5, 0.6) is 0 Å². The molecular formula is C20H35NO. The summed E-state index contributed by atoms with van der Waals surface area (Å²) >= 11 is 0. The zero-order valence-electron chi connectivity index (χ0n) is 14.6. The molecular weight excluding hydrogens is 270 g/mol. The molecule has 0 amide bonds. The molecule has 2 saturated carbocycles. The largest absolute Gasteiger partial charge is 0.374 e. The Morgan fingerprint density at radius 2 is 1.73 bits per heavy atom. The average Bonchev–Trinajstić information content (AvgIpc) is 2.93. The molecule has 0 bridgehead atoms. The Morgan fingerprint density at radius 1 is 0.864 bits per heavy atom. The van der Waals surface area contributed by atoms with E-state index in [-0.39, 0.29) is 0 Å². The number of hydrogen-bond donors (Lipinski definition) is 1. The molecule has 4 aliphatic rings. The molecule has 7 unspecified atom stereocenters. The summed E-state index contributed by atoms with van der Waals surface area (Å²) in [5.74, 6) is 4.34. The first-order chi connectivity index (χ1) is 10.7. The van der Waals surface area contributed by atoms with Gasteiger partial charge >= 0.3 is 0 Å². The van der Waals surface area contributed by atoms with E-state index < -0.39 is 0 Å². The van der Waals surface area contributed by atoms with Crippen molar-refractivity contribution in [3.8, 4) is 0 Å². The van der Waals surface area contributed by atoms with Crippen molar-refractivity contribution in [3.63, 3.8) is 0 Å². The van der Waals surface area contributed by atoms with Crippen LogP contribution in [-0.2, 0) is 4.74 Å². The smallest absolute Gasteiger partial charge is 0.0653 e. The van der Waals surface area contributed by atoms with Crippen LogP contribution in [0.1, 0.15) is 71.6 Å². The lowest BCUT2D eigenvalue weighted by molar-refractivity contribution is -0.0457. The van der Waals surface area contributed by atoms with Gasteiger partial charge < -0.3 is 10.1 Å². The molecule has 4 rings (SSSR count). The third-order valence-electron chi connectivity index (χ3n) is 7.49. The highest BCUT2D eigenvalue weighted by molar-refractivity contribution is 5.01. The number of fused-ring (bicyclic) bond motifs is 3. The van der Waals surface area contributed by atoms with Crippen LogP contribution in [0, 0.1) is 29.6 Å². The van der Waals surface area contributed by atoms with Gasteiger partial charge in [-0.1, -0.05) is 26.7 Å². The molecule has 1 N–H and O–H groups in total. The summed E-state index contributed by atoms with van der Waals surface area (Å²) < 4.78 is 6.78. The van der Waals surface area contributed by atoms with Gasteiger partial charge in [-0.3, -0.25) is 0 Å². The fourth-order valence-corrected chi connectivity index (χ4v) is 6.21. The van der Waals surface area contributed by atoms with E-state index in [9.17, 15) is 0 Å². The molecule has 22 heavy (non-hydrogen) atoms. The van der Waals surface area contributed by atoms with Crippen molar-refractivity contribution >= 4 is 0 Å². The Balaban J connectivity index is 1.47. The summed E-state index contributed by atoms with van der Waals surface area (Å²) in [7, 11) is 0. The van der Waals surface area contributed by atoms with Gasteiger partial charge in [-0.25, -0.2) is 0 Å². The van der Waals surface area contributed by atoms with Crippen LogP contribution in [-0.4, -0.2) is 24.8 Å². The van der Waals surface area contributed by atoms with E-state index in [2.05, 4.69) is 19.2 Å². The van der Waals surface area contributed by atoms with Crippen LogP contribution >= 0.6 is 0 Å². The zero-order valence-corrected chi connectivity index (χ0v) is 14.6. The molecule has 2 nitrogen and oxygen atoms in total. The van der Waals surface area contributed by atoms with Crippen molar-refractivity contribution in [2.24, 2.45) is 29.6 Å². The fourth-order valence-electron chi connectivity index (χ4n) is 6.21. The number of hydrogen-bond acceptors (Lipinski definition) is 2. The number of nitrogens with one attached hydrogen (secondary N) is 1. The van der Waals surface area contributed by atoms with Crippen LogP contribution in [0.4, 0.5) is 0 Å². The van der Waals surface area contributed by atoms with Crippen molar-refractivity contribution in [3.05, 3.63) is 0 Å². The Bertz CT molecular complexity index is 376. The Morgan fingerprint density at radius 3 is 2.50 bits per heavy atom. The number of piperidine rings is 1. The number of rotatable bonds is 2. The standard InChI is InChI=1S/C20H35NO/c1-13(2)14-9-10-15-16-6-5-7-17(18-8-3-4-11-21-18)20(16)22-19(15)12-14/h13-21H,3-12H2,1-2H3. The normalized spacial score (nSPS) is 49.0. The first-order valence-corrected chi connectivity index (χ1v) is 10.1. The molecule has 0 radical (unpaired) electrons. The molecule has 0 aromatic carbocycles. The van der Waals surface area contributed by atoms with E-state index in [1.807, 2.05) is 0 Å². The highest BCUT2D eigenvalue weighted by atomic mass is 16.5. The minimum Gasteiger partial charge on any atom is -0.374 e. The molecule has 2 heterocycles. The predicted octanol–water partition coefficient (Wildman–Crippen LogP) is 4.38. The van der Waals surface area contributed by atoms with Crippen molar-refractivity contribution in [2.75, 3.05) is 6.54 Å². The zero-order chi connectivity index (χ0) is 15.1. The lowest BCUT2D eigenvalue weighted by atomic mass is 9.66. The molecule has 2 aliphatic heterocycles. The van der Waals surface area contributed by atoms with E-state index in [1.165, 1.54) is 64.3 Å². The SMILES string of the molecule is CC(C)C1CCC2C(C1)OC1C(C3CCCCN3)CCCC21. The van der Waals surface area contributed by atoms with Crippen LogP contribution < -0.4 is 5.32 Å². The molecule has 2 saturated heterocycles. The summed E-state index contributed by atoms with van der Waals surface area (Å²) in [4.78, 5) is 0. The first kappa shape index (κ1) is 15.4. The lowest BCUT2D eigenvalue weighted by Crippen LogP contribution is -2.48. The van der Waals surface area contributed by atoms with Crippen LogP contribution in [0.2, 0.25) is 0 Å². The van der Waals surface area contributed by atoms with Gasteiger partial charge in [0, 0.05) is 12.0 Å². The summed E-state index contributed by atoms with van der Waals surface area (Å²) in [6, 6.07) is 0.752. The molecule has 2 heteroatoms. The maximum Gasteiger partial charge on any atom is 0.0653 e. The van der Waals surface area contributed by atoms with E-state index in [1.54, 1.807) is 0 Å². The maximum absolute atomic E-state index is 6.78. The van der Waals surface area contributed by atoms with Gasteiger partial charge in [-0.15, -0.1) is 0 Å². The third-order valence-corrected chi connectivity index (χ3v) is 7.49. The van der Waals surface area contributed by atoms with Crippen molar-refractivity contribution < 1.29 is 4.74 Å². The van der Waals surface area contributed by atoms with Crippen LogP contribution in [0.3, 0.4) is 0 Å². The molecule has 0 spiro atoms. The van der Waals surface area contributed by atoms with Gasteiger partial charge in [-0.05, 0) is 75.2 Å². The molecule has 7 atom stereocenters. The first-order valence-electron chi connectivity index (χ1n) is 10.1. The second kappa shape index (κ2) is 6.43. The maximum atomic E-state index is 6.78. The van der Waals surface area contributed by atoms with E-state index in [0.717, 1.165) is 35.6 Å². The molecule has 2 aliphatic carbocycles. The van der Waals surface area contributed by atoms with Crippen LogP contribution in [0.25, 0.3) is 0 Å². The Labute approximate surface area is 136 Å². The van der Waals surface area contributed by atoms with E-state index >= 15 is 0 Å². The number of ether oxygens (including phenoxy) is 1. The second-order valence-electron chi connectivity index (χ2n) is 8.94. The fraction of sp³-hybridized carbons (Fsp3) is 1.00. The van der Waals surface area contributed by atoms with Gasteiger partial charge in [0.1, 0.15) is 0 Å². The highest BCUT2D eigenvalue weighted by Crippen LogP contribution is 2.52. The lowest BCUT2D eigenvalue weighted by Gasteiger charge is -2.41. The van der Waals surface area contributed by atoms with E-state index in [4.69, 9.17) is 4.74 Å². The van der Waals surface area contributed by atoms with Crippen molar-refractivity contribution in [1.29, 1.82) is 0 Å². The average molecular weight is 306 g/mol. The third kappa shape index (κ3) is 2.75. The van der Waals surface area contributed by atoms with Gasteiger partial charge in [0.05, 0.1) is 12.2 Å². The summed E-state index contributed by atoms with van der Waals surface area (Å²) in [5, 5.41) is 3.83. The van der Waals surface area contributed by atoms with E-state index in [0.29, 0.717) is 12.2 Å². The van der Waals surface area contributed by atoms with Gasteiger partial charge in [0.2, 0.25) is 0 Å². The topological polar surface area (TPSA) is 21.3 Å². The quantitative estimate of drug-likeness (QED) is 0.817. The van der Waals surface area contributed by atoms with Gasteiger partial charge in [0.25, 0.3) is 0 Å². The minimum absolute atomic E-state index is 0.588.